The van der Waals surface area contributed by atoms with Crippen molar-refractivity contribution in [1.29, 1.82) is 0 Å². The number of thiocarbonyl (C=S) groups is 1. The molecule has 0 amide bonds. The van der Waals surface area contributed by atoms with E-state index in [1.54, 1.807) is 7.11 Å². The van der Waals surface area contributed by atoms with Gasteiger partial charge in [-0.2, -0.15) is 0 Å². The molecule has 1 aliphatic heterocycles. The van der Waals surface area contributed by atoms with Crippen LogP contribution in [0.4, 0.5) is 0 Å². The van der Waals surface area contributed by atoms with E-state index in [0.717, 1.165) is 37.1 Å². The number of nitrogens with two attached hydrogens (primary N) is 1. The molecule has 0 saturated carbocycles. The van der Waals surface area contributed by atoms with Crippen molar-refractivity contribution < 1.29 is 9.84 Å². The molecule has 1 fully saturated rings. The molecule has 1 saturated heterocycles. The third kappa shape index (κ3) is 4.23. The highest BCUT2D eigenvalue weighted by Gasteiger charge is 2.31. The summed E-state index contributed by atoms with van der Waals surface area (Å²) in [5, 5.41) is 10.4. The Kier molecular flexibility index (Phi) is 5.32. The number of piperidine rings is 1. The number of ether oxygens (including phenoxy) is 1. The molecule has 2 unspecified atom stereocenters. The number of likely N-dealkylation sites (tertiary alicyclic amines) is 1. The van der Waals surface area contributed by atoms with E-state index in [1.807, 2.05) is 24.3 Å². The molecule has 116 valence electrons. The smallest absolute Gasteiger partial charge is 0.103 e. The van der Waals surface area contributed by atoms with Crippen molar-refractivity contribution in [2.75, 3.05) is 26.7 Å². The number of β-amino-alcohol motifs (C(OH)–C–C–N with tert-alkyl or cyclic N) is 1. The number of methoxy groups -OCH3 is 1. The third-order valence-electron chi connectivity index (χ3n) is 4.24. The van der Waals surface area contributed by atoms with E-state index in [4.69, 9.17) is 22.7 Å². The highest BCUT2D eigenvalue weighted by Crippen LogP contribution is 2.25. The van der Waals surface area contributed by atoms with E-state index in [-0.39, 0.29) is 5.60 Å². The van der Waals surface area contributed by atoms with E-state index in [9.17, 15) is 5.11 Å². The molecule has 1 aromatic carbocycles. The molecule has 4 nitrogen and oxygen atoms in total. The zero-order chi connectivity index (χ0) is 15.5. The van der Waals surface area contributed by atoms with Crippen LogP contribution in [0.2, 0.25) is 0 Å². The van der Waals surface area contributed by atoms with Gasteiger partial charge in [-0.3, -0.25) is 4.90 Å². The Hall–Kier alpha value is -1.01. The van der Waals surface area contributed by atoms with E-state index >= 15 is 0 Å². The van der Waals surface area contributed by atoms with Gasteiger partial charge < -0.3 is 15.6 Å². The van der Waals surface area contributed by atoms with E-state index in [1.165, 1.54) is 0 Å². The summed E-state index contributed by atoms with van der Waals surface area (Å²) in [6, 6.07) is 7.49. The number of nitrogens with zero attached hydrogens (tertiary/aromatic N) is 1. The summed E-state index contributed by atoms with van der Waals surface area (Å²) >= 11 is 4.93. The standard InChI is InChI=1S/C16H24N2O2S/c1-16(20-2)8-3-9-18(11-16)10-14(19)12-4-6-13(7-5-12)15(17)21/h4-7,14,19H,3,8-11H2,1-2H3,(H2,17,21). The zero-order valence-electron chi connectivity index (χ0n) is 12.7. The lowest BCUT2D eigenvalue weighted by Gasteiger charge is -2.40. The molecule has 1 aromatic rings. The van der Waals surface area contributed by atoms with Gasteiger partial charge >= 0.3 is 0 Å². The average molecular weight is 308 g/mol. The second-order valence-electron chi connectivity index (χ2n) is 5.99. The largest absolute Gasteiger partial charge is 0.389 e. The molecule has 0 bridgehead atoms. The Bertz CT molecular complexity index is 492. The van der Waals surface area contributed by atoms with Crippen molar-refractivity contribution in [2.45, 2.75) is 31.5 Å². The first-order valence-electron chi connectivity index (χ1n) is 7.29. The molecule has 1 heterocycles. The average Bonchev–Trinajstić information content (AvgIpc) is 2.47. The topological polar surface area (TPSA) is 58.7 Å². The highest BCUT2D eigenvalue weighted by molar-refractivity contribution is 7.80. The number of hydrogen-bond donors (Lipinski definition) is 2. The van der Waals surface area contributed by atoms with Gasteiger partial charge in [0.05, 0.1) is 11.7 Å². The highest BCUT2D eigenvalue weighted by atomic mass is 32.1. The van der Waals surface area contributed by atoms with Crippen molar-refractivity contribution in [3.8, 4) is 0 Å². The molecule has 5 heteroatoms. The second-order valence-corrected chi connectivity index (χ2v) is 6.43. The lowest BCUT2D eigenvalue weighted by molar-refractivity contribution is -0.0586. The fourth-order valence-electron chi connectivity index (χ4n) is 2.85. The van der Waals surface area contributed by atoms with Gasteiger partial charge in [-0.05, 0) is 31.9 Å². The summed E-state index contributed by atoms with van der Waals surface area (Å²) < 4.78 is 5.59. The molecule has 0 spiro atoms. The molecule has 2 atom stereocenters. The van der Waals surface area contributed by atoms with Gasteiger partial charge in [0.15, 0.2) is 0 Å². The lowest BCUT2D eigenvalue weighted by Crippen LogP contribution is -2.48. The van der Waals surface area contributed by atoms with Crippen molar-refractivity contribution in [1.82, 2.24) is 4.90 Å². The van der Waals surface area contributed by atoms with Crippen LogP contribution < -0.4 is 5.73 Å². The third-order valence-corrected chi connectivity index (χ3v) is 4.48. The van der Waals surface area contributed by atoms with Crippen LogP contribution in [0.25, 0.3) is 0 Å². The Morgan fingerprint density at radius 2 is 2.14 bits per heavy atom. The van der Waals surface area contributed by atoms with Gasteiger partial charge in [0.1, 0.15) is 4.99 Å². The first-order chi connectivity index (χ1) is 9.93. The van der Waals surface area contributed by atoms with Crippen LogP contribution in [0.5, 0.6) is 0 Å². The normalized spacial score (nSPS) is 24.7. The van der Waals surface area contributed by atoms with Crippen molar-refractivity contribution in [3.05, 3.63) is 35.4 Å². The molecule has 0 radical (unpaired) electrons. The summed E-state index contributed by atoms with van der Waals surface area (Å²) in [6.07, 6.45) is 1.65. The summed E-state index contributed by atoms with van der Waals surface area (Å²) in [4.78, 5) is 2.64. The van der Waals surface area contributed by atoms with E-state index < -0.39 is 6.10 Å². The van der Waals surface area contributed by atoms with Crippen LogP contribution in [-0.4, -0.2) is 47.3 Å². The van der Waals surface area contributed by atoms with Crippen LogP contribution in [0.15, 0.2) is 24.3 Å². The predicted octanol–water partition coefficient (Wildman–Crippen LogP) is 1.86. The minimum atomic E-state index is -0.510. The lowest BCUT2D eigenvalue weighted by atomic mass is 9.94. The summed E-state index contributed by atoms with van der Waals surface area (Å²) in [7, 11) is 1.76. The van der Waals surface area contributed by atoms with Crippen molar-refractivity contribution >= 4 is 17.2 Å². The van der Waals surface area contributed by atoms with Crippen molar-refractivity contribution in [3.63, 3.8) is 0 Å². The minimum Gasteiger partial charge on any atom is -0.389 e. The Labute approximate surface area is 131 Å². The zero-order valence-corrected chi connectivity index (χ0v) is 13.5. The second kappa shape index (κ2) is 6.83. The Morgan fingerprint density at radius 3 is 2.71 bits per heavy atom. The molecule has 1 aliphatic rings. The molecular weight excluding hydrogens is 284 g/mol. The Morgan fingerprint density at radius 1 is 1.48 bits per heavy atom. The fourth-order valence-corrected chi connectivity index (χ4v) is 2.99. The van der Waals surface area contributed by atoms with E-state index in [2.05, 4.69) is 11.8 Å². The molecule has 3 N–H and O–H groups in total. The molecular formula is C16H24N2O2S. The number of aliphatic hydroxyl groups is 1. The van der Waals surface area contributed by atoms with Crippen LogP contribution in [-0.2, 0) is 4.74 Å². The number of rotatable bonds is 5. The molecule has 0 aliphatic carbocycles. The summed E-state index contributed by atoms with van der Waals surface area (Å²) in [5.74, 6) is 0. The van der Waals surface area contributed by atoms with Crippen LogP contribution in [0.1, 0.15) is 37.0 Å². The monoisotopic (exact) mass is 308 g/mol. The fraction of sp³-hybridized carbons (Fsp3) is 0.562. The maximum atomic E-state index is 10.4. The van der Waals surface area contributed by atoms with Crippen LogP contribution in [0.3, 0.4) is 0 Å². The van der Waals surface area contributed by atoms with Crippen molar-refractivity contribution in [2.24, 2.45) is 5.73 Å². The molecule has 0 aromatic heterocycles. The number of aliphatic hydroxyl groups excluding tert-OH is 1. The predicted molar refractivity (Wildman–Crippen MR) is 88.4 cm³/mol. The maximum absolute atomic E-state index is 10.4. The van der Waals surface area contributed by atoms with Crippen LogP contribution in [0, 0.1) is 0 Å². The van der Waals surface area contributed by atoms with Gasteiger partial charge in [0, 0.05) is 25.8 Å². The van der Waals surface area contributed by atoms with Gasteiger partial charge in [-0.25, -0.2) is 0 Å². The van der Waals surface area contributed by atoms with Gasteiger partial charge in [-0.1, -0.05) is 36.5 Å². The minimum absolute atomic E-state index is 0.104. The maximum Gasteiger partial charge on any atom is 0.103 e. The quantitative estimate of drug-likeness (QED) is 0.813. The van der Waals surface area contributed by atoms with E-state index in [0.29, 0.717) is 11.5 Å². The van der Waals surface area contributed by atoms with Gasteiger partial charge in [-0.15, -0.1) is 0 Å². The van der Waals surface area contributed by atoms with Gasteiger partial charge in [0.2, 0.25) is 0 Å². The number of benzene rings is 1. The first-order valence-corrected chi connectivity index (χ1v) is 7.70. The summed E-state index contributed by atoms with van der Waals surface area (Å²) in [6.45, 7) is 4.60. The van der Waals surface area contributed by atoms with Gasteiger partial charge in [0.25, 0.3) is 0 Å². The summed E-state index contributed by atoms with van der Waals surface area (Å²) in [5.41, 5.74) is 7.19. The number of hydrogen-bond acceptors (Lipinski definition) is 4. The SMILES string of the molecule is COC1(C)CCCN(CC(O)c2ccc(C(N)=S)cc2)C1. The molecule has 21 heavy (non-hydrogen) atoms. The van der Waals surface area contributed by atoms with Crippen LogP contribution >= 0.6 is 12.2 Å². The molecule has 2 rings (SSSR count). The Balaban J connectivity index is 1.97. The first kappa shape index (κ1) is 16.4.